The first-order valence-electron chi connectivity index (χ1n) is 9.95. The summed E-state index contributed by atoms with van der Waals surface area (Å²) < 4.78 is 2.07. The van der Waals surface area contributed by atoms with E-state index in [9.17, 15) is 0 Å². The van der Waals surface area contributed by atoms with Crippen LogP contribution in [0.4, 0.5) is 5.82 Å². The van der Waals surface area contributed by atoms with E-state index in [1.807, 2.05) is 6.20 Å². The van der Waals surface area contributed by atoms with Crippen molar-refractivity contribution in [3.63, 3.8) is 0 Å². The molecule has 0 aliphatic heterocycles. The van der Waals surface area contributed by atoms with Crippen molar-refractivity contribution in [2.45, 2.75) is 82.6 Å². The Kier molecular flexibility index (Phi) is 3.36. The fourth-order valence-electron chi connectivity index (χ4n) is 5.81. The lowest BCUT2D eigenvalue weighted by Gasteiger charge is -2.30. The summed E-state index contributed by atoms with van der Waals surface area (Å²) >= 11 is 0. The van der Waals surface area contributed by atoms with Gasteiger partial charge in [0.05, 0.1) is 11.9 Å². The first-order valence-corrected chi connectivity index (χ1v) is 9.95. The van der Waals surface area contributed by atoms with Crippen molar-refractivity contribution in [1.82, 2.24) is 14.6 Å². The van der Waals surface area contributed by atoms with Gasteiger partial charge in [0.25, 0.3) is 0 Å². The molecule has 0 bridgehead atoms. The van der Waals surface area contributed by atoms with Gasteiger partial charge in [0.1, 0.15) is 5.82 Å². The number of aromatic nitrogens is 3. The highest BCUT2D eigenvalue weighted by Gasteiger charge is 2.50. The van der Waals surface area contributed by atoms with Crippen LogP contribution in [0.15, 0.2) is 12.3 Å². The Bertz CT molecular complexity index is 750. The maximum absolute atomic E-state index is 5.14. The van der Waals surface area contributed by atoms with Crippen LogP contribution in [0.1, 0.15) is 76.0 Å². The predicted octanol–water partition coefficient (Wildman–Crippen LogP) is 4.48. The third kappa shape index (κ3) is 1.98. The van der Waals surface area contributed by atoms with Crippen molar-refractivity contribution in [2.75, 3.05) is 5.32 Å². The lowest BCUT2D eigenvalue weighted by atomic mass is 9.74. The zero-order valence-corrected chi connectivity index (χ0v) is 14.7. The zero-order chi connectivity index (χ0) is 16.1. The van der Waals surface area contributed by atoms with E-state index in [0.717, 1.165) is 11.6 Å². The number of nitrogens with zero attached hydrogens (tertiary/aromatic N) is 3. The van der Waals surface area contributed by atoms with E-state index < -0.39 is 0 Å². The SMILES string of the molecule is CCC1Cc2c(nc3ccnn3c2NC2CCCC2)C12CCCC2. The minimum absolute atomic E-state index is 0.349. The van der Waals surface area contributed by atoms with Gasteiger partial charge in [0.15, 0.2) is 5.65 Å². The van der Waals surface area contributed by atoms with Gasteiger partial charge in [-0.1, -0.05) is 39.0 Å². The molecule has 0 saturated heterocycles. The molecule has 3 aliphatic rings. The van der Waals surface area contributed by atoms with Gasteiger partial charge < -0.3 is 5.32 Å². The van der Waals surface area contributed by atoms with Crippen molar-refractivity contribution < 1.29 is 0 Å². The highest BCUT2D eigenvalue weighted by Crippen LogP contribution is 2.55. The molecule has 1 N–H and O–H groups in total. The average molecular weight is 324 g/mol. The molecule has 2 heterocycles. The lowest BCUT2D eigenvalue weighted by Crippen LogP contribution is -2.29. The number of nitrogens with one attached hydrogen (secondary N) is 1. The van der Waals surface area contributed by atoms with E-state index in [0.29, 0.717) is 11.5 Å². The van der Waals surface area contributed by atoms with Gasteiger partial charge in [0.2, 0.25) is 0 Å². The highest BCUT2D eigenvalue weighted by atomic mass is 15.3. The van der Waals surface area contributed by atoms with Crippen molar-refractivity contribution in [1.29, 1.82) is 0 Å². The summed E-state index contributed by atoms with van der Waals surface area (Å²) in [7, 11) is 0. The minimum Gasteiger partial charge on any atom is -0.367 e. The molecule has 2 fully saturated rings. The molecule has 3 aliphatic carbocycles. The molecule has 4 heteroatoms. The Hall–Kier alpha value is -1.58. The van der Waals surface area contributed by atoms with Crippen LogP contribution >= 0.6 is 0 Å². The maximum atomic E-state index is 5.14. The van der Waals surface area contributed by atoms with Crippen LogP contribution in [0.2, 0.25) is 0 Å². The highest BCUT2D eigenvalue weighted by molar-refractivity contribution is 5.60. The Morgan fingerprint density at radius 1 is 1.21 bits per heavy atom. The summed E-state index contributed by atoms with van der Waals surface area (Å²) in [6, 6.07) is 2.69. The van der Waals surface area contributed by atoms with Crippen LogP contribution < -0.4 is 5.32 Å². The molecule has 0 aromatic carbocycles. The summed E-state index contributed by atoms with van der Waals surface area (Å²) in [5, 5.41) is 8.48. The Morgan fingerprint density at radius 3 is 2.75 bits per heavy atom. The van der Waals surface area contributed by atoms with Crippen LogP contribution in [0, 0.1) is 5.92 Å². The van der Waals surface area contributed by atoms with Gasteiger partial charge in [0, 0.05) is 23.1 Å². The molecule has 2 aromatic rings. The van der Waals surface area contributed by atoms with Crippen LogP contribution in [-0.4, -0.2) is 20.6 Å². The fourth-order valence-corrected chi connectivity index (χ4v) is 5.81. The van der Waals surface area contributed by atoms with Gasteiger partial charge in [-0.25, -0.2) is 4.98 Å². The molecule has 1 atom stereocenters. The number of fused-ring (bicyclic) bond motifs is 3. The summed E-state index contributed by atoms with van der Waals surface area (Å²) in [5.41, 5.74) is 4.27. The van der Waals surface area contributed by atoms with E-state index in [2.05, 4.69) is 27.9 Å². The van der Waals surface area contributed by atoms with Crippen LogP contribution in [0.5, 0.6) is 0 Å². The van der Waals surface area contributed by atoms with E-state index in [4.69, 9.17) is 4.98 Å². The third-order valence-electron chi connectivity index (χ3n) is 7.02. The van der Waals surface area contributed by atoms with E-state index in [1.54, 1.807) is 0 Å². The quantitative estimate of drug-likeness (QED) is 0.905. The van der Waals surface area contributed by atoms with Gasteiger partial charge in [-0.3, -0.25) is 0 Å². The van der Waals surface area contributed by atoms with Crippen LogP contribution in [0.3, 0.4) is 0 Å². The smallest absolute Gasteiger partial charge is 0.157 e. The fraction of sp³-hybridized carbons (Fsp3) is 0.700. The largest absolute Gasteiger partial charge is 0.367 e. The molecule has 2 aromatic heterocycles. The molecule has 0 radical (unpaired) electrons. The standard InChI is InChI=1S/C20H28N4/c1-2-14-13-16-18(20(14)10-5-6-11-20)23-17-9-12-21-24(17)19(16)22-15-7-3-4-8-15/h9,12,14-15,22H,2-8,10-11,13H2,1H3. The van der Waals surface area contributed by atoms with E-state index in [-0.39, 0.29) is 0 Å². The van der Waals surface area contributed by atoms with Crippen molar-refractivity contribution in [3.05, 3.63) is 23.5 Å². The average Bonchev–Trinajstić information content (AvgIpc) is 3.36. The monoisotopic (exact) mass is 324 g/mol. The van der Waals surface area contributed by atoms with Crippen molar-refractivity contribution in [3.8, 4) is 0 Å². The summed E-state index contributed by atoms with van der Waals surface area (Å²) in [4.78, 5) is 5.14. The zero-order valence-electron chi connectivity index (χ0n) is 14.7. The van der Waals surface area contributed by atoms with Gasteiger partial charge >= 0.3 is 0 Å². The molecule has 24 heavy (non-hydrogen) atoms. The first-order chi connectivity index (χ1) is 11.8. The Balaban J connectivity index is 1.67. The van der Waals surface area contributed by atoms with Gasteiger partial charge in [-0.15, -0.1) is 0 Å². The second kappa shape index (κ2) is 5.47. The molecule has 5 rings (SSSR count). The summed E-state index contributed by atoms with van der Waals surface area (Å²) in [5.74, 6) is 2.02. The number of hydrogen-bond acceptors (Lipinski definition) is 3. The number of rotatable bonds is 3. The Morgan fingerprint density at radius 2 is 2.00 bits per heavy atom. The molecule has 1 spiro atoms. The molecule has 128 valence electrons. The second-order valence-electron chi connectivity index (χ2n) is 8.19. The van der Waals surface area contributed by atoms with Crippen molar-refractivity contribution in [2.24, 2.45) is 5.92 Å². The number of hydrogen-bond donors (Lipinski definition) is 1. The van der Waals surface area contributed by atoms with Gasteiger partial charge in [-0.05, 0) is 38.0 Å². The molecule has 1 unspecified atom stereocenters. The van der Waals surface area contributed by atoms with Crippen LogP contribution in [-0.2, 0) is 11.8 Å². The molecule has 4 nitrogen and oxygen atoms in total. The van der Waals surface area contributed by atoms with E-state index in [1.165, 1.54) is 81.3 Å². The molecule has 0 amide bonds. The second-order valence-corrected chi connectivity index (χ2v) is 8.19. The van der Waals surface area contributed by atoms with Crippen LogP contribution in [0.25, 0.3) is 5.65 Å². The molecule has 2 saturated carbocycles. The maximum Gasteiger partial charge on any atom is 0.157 e. The van der Waals surface area contributed by atoms with E-state index >= 15 is 0 Å². The topological polar surface area (TPSA) is 42.2 Å². The molecular formula is C20H28N4. The summed E-state index contributed by atoms with van der Waals surface area (Å²) in [6.45, 7) is 2.37. The van der Waals surface area contributed by atoms with Crippen molar-refractivity contribution >= 4 is 11.5 Å². The molecular weight excluding hydrogens is 296 g/mol. The first kappa shape index (κ1) is 14.7. The number of anilines is 1. The summed E-state index contributed by atoms with van der Waals surface area (Å²) in [6.07, 6.45) is 15.0. The minimum atomic E-state index is 0.349. The van der Waals surface area contributed by atoms with Gasteiger partial charge in [-0.2, -0.15) is 9.61 Å². The Labute approximate surface area is 144 Å². The lowest BCUT2D eigenvalue weighted by molar-refractivity contribution is 0.286. The normalized spacial score (nSPS) is 25.8. The predicted molar refractivity (Wildman–Crippen MR) is 96.5 cm³/mol. The third-order valence-corrected chi connectivity index (χ3v) is 7.02.